The Morgan fingerprint density at radius 2 is 2.05 bits per heavy atom. The number of benzene rings is 1. The van der Waals surface area contributed by atoms with Crippen LogP contribution in [0, 0.1) is 5.92 Å². The number of amides is 1. The Balaban J connectivity index is 1.92. The van der Waals surface area contributed by atoms with Crippen LogP contribution in [0.4, 0.5) is 0 Å². The van der Waals surface area contributed by atoms with Crippen LogP contribution in [0.25, 0.3) is 0 Å². The third kappa shape index (κ3) is 4.05. The van der Waals surface area contributed by atoms with Crippen molar-refractivity contribution in [3.8, 4) is 0 Å². The first-order chi connectivity index (χ1) is 9.06. The molecule has 19 heavy (non-hydrogen) atoms. The summed E-state index contributed by atoms with van der Waals surface area (Å²) in [5.41, 5.74) is 7.06. The summed E-state index contributed by atoms with van der Waals surface area (Å²) in [7, 11) is 0. The summed E-state index contributed by atoms with van der Waals surface area (Å²) in [4.78, 5) is 12.2. The van der Waals surface area contributed by atoms with E-state index in [9.17, 15) is 4.79 Å². The summed E-state index contributed by atoms with van der Waals surface area (Å²) in [6.07, 6.45) is 3.89. The predicted molar refractivity (Wildman–Crippen MR) is 80.6 cm³/mol. The summed E-state index contributed by atoms with van der Waals surface area (Å²) in [6.45, 7) is 2.02. The maximum absolute atomic E-state index is 12.2. The van der Waals surface area contributed by atoms with Gasteiger partial charge in [0.2, 0.25) is 5.91 Å². The lowest BCUT2D eigenvalue weighted by Crippen LogP contribution is -2.38. The highest BCUT2D eigenvalue weighted by atomic mass is 79.9. The maximum Gasteiger partial charge on any atom is 0.223 e. The molecule has 0 bridgehead atoms. The van der Waals surface area contributed by atoms with Crippen molar-refractivity contribution in [2.75, 3.05) is 0 Å². The first-order valence-electron chi connectivity index (χ1n) is 6.87. The molecule has 1 aromatic carbocycles. The fourth-order valence-corrected chi connectivity index (χ4v) is 2.90. The van der Waals surface area contributed by atoms with E-state index >= 15 is 0 Å². The van der Waals surface area contributed by atoms with Gasteiger partial charge in [0.15, 0.2) is 0 Å². The van der Waals surface area contributed by atoms with Gasteiger partial charge in [-0.3, -0.25) is 4.79 Å². The van der Waals surface area contributed by atoms with Crippen LogP contribution in [0.3, 0.4) is 0 Å². The standard InChI is InChI=1S/C15H21BrN2O/c1-10(11-5-7-13(16)8-6-11)18-15(19)12-3-2-4-14(17)9-12/h5-8,10,12,14H,2-4,9,17H2,1H3,(H,18,19)/t10-,12?,14?/m0/s1. The summed E-state index contributed by atoms with van der Waals surface area (Å²) in [5, 5.41) is 3.10. The maximum atomic E-state index is 12.2. The molecule has 3 N–H and O–H groups in total. The van der Waals surface area contributed by atoms with Gasteiger partial charge in [0, 0.05) is 16.4 Å². The summed E-state index contributed by atoms with van der Waals surface area (Å²) in [6, 6.07) is 8.28. The fraction of sp³-hybridized carbons (Fsp3) is 0.533. The molecule has 104 valence electrons. The number of hydrogen-bond donors (Lipinski definition) is 2. The molecule has 1 aliphatic rings. The van der Waals surface area contributed by atoms with Crippen molar-refractivity contribution < 1.29 is 4.79 Å². The van der Waals surface area contributed by atoms with E-state index < -0.39 is 0 Å². The van der Waals surface area contributed by atoms with Crippen LogP contribution in [0.1, 0.15) is 44.2 Å². The van der Waals surface area contributed by atoms with E-state index in [4.69, 9.17) is 5.73 Å². The Morgan fingerprint density at radius 3 is 2.68 bits per heavy atom. The Hall–Kier alpha value is -0.870. The van der Waals surface area contributed by atoms with Crippen molar-refractivity contribution in [1.82, 2.24) is 5.32 Å². The quantitative estimate of drug-likeness (QED) is 0.897. The van der Waals surface area contributed by atoms with Gasteiger partial charge in [-0.1, -0.05) is 34.5 Å². The van der Waals surface area contributed by atoms with Crippen molar-refractivity contribution in [2.24, 2.45) is 11.7 Å². The molecule has 1 amide bonds. The largest absolute Gasteiger partial charge is 0.349 e. The van der Waals surface area contributed by atoms with Crippen molar-refractivity contribution in [1.29, 1.82) is 0 Å². The van der Waals surface area contributed by atoms with Crippen LogP contribution in [0.15, 0.2) is 28.7 Å². The summed E-state index contributed by atoms with van der Waals surface area (Å²) >= 11 is 3.41. The average Bonchev–Trinajstić information content (AvgIpc) is 2.39. The summed E-state index contributed by atoms with van der Waals surface area (Å²) in [5.74, 6) is 0.229. The van der Waals surface area contributed by atoms with Gasteiger partial charge in [-0.15, -0.1) is 0 Å². The van der Waals surface area contributed by atoms with Crippen LogP contribution in [0.2, 0.25) is 0 Å². The molecule has 3 atom stereocenters. The Morgan fingerprint density at radius 1 is 1.37 bits per heavy atom. The zero-order valence-corrected chi connectivity index (χ0v) is 12.8. The molecule has 2 unspecified atom stereocenters. The van der Waals surface area contributed by atoms with E-state index in [0.29, 0.717) is 0 Å². The normalized spacial score (nSPS) is 24.8. The molecule has 4 heteroatoms. The first-order valence-corrected chi connectivity index (χ1v) is 7.67. The monoisotopic (exact) mass is 324 g/mol. The average molecular weight is 325 g/mol. The van der Waals surface area contributed by atoms with Crippen LogP contribution >= 0.6 is 15.9 Å². The highest BCUT2D eigenvalue weighted by molar-refractivity contribution is 9.10. The van der Waals surface area contributed by atoms with Gasteiger partial charge in [0.25, 0.3) is 0 Å². The molecule has 0 saturated heterocycles. The molecule has 1 aliphatic carbocycles. The highest BCUT2D eigenvalue weighted by Crippen LogP contribution is 2.24. The second kappa shape index (κ2) is 6.53. The van der Waals surface area contributed by atoms with Gasteiger partial charge in [0.05, 0.1) is 6.04 Å². The minimum absolute atomic E-state index is 0.0405. The Bertz CT molecular complexity index is 432. The molecular formula is C15H21BrN2O. The fourth-order valence-electron chi connectivity index (χ4n) is 2.63. The third-order valence-electron chi connectivity index (χ3n) is 3.81. The zero-order chi connectivity index (χ0) is 13.8. The molecule has 2 rings (SSSR count). The van der Waals surface area contributed by atoms with Gasteiger partial charge < -0.3 is 11.1 Å². The number of nitrogens with two attached hydrogens (primary N) is 1. The Labute approximate surface area is 123 Å². The van der Waals surface area contributed by atoms with Crippen LogP contribution in [-0.4, -0.2) is 11.9 Å². The lowest BCUT2D eigenvalue weighted by molar-refractivity contribution is -0.126. The van der Waals surface area contributed by atoms with E-state index in [1.54, 1.807) is 0 Å². The molecule has 0 heterocycles. The second-order valence-corrected chi connectivity index (χ2v) is 6.32. The van der Waals surface area contributed by atoms with Crippen LogP contribution in [0.5, 0.6) is 0 Å². The van der Waals surface area contributed by atoms with Crippen molar-refractivity contribution in [2.45, 2.75) is 44.7 Å². The highest BCUT2D eigenvalue weighted by Gasteiger charge is 2.26. The van der Waals surface area contributed by atoms with Gasteiger partial charge in [-0.2, -0.15) is 0 Å². The van der Waals surface area contributed by atoms with E-state index in [0.717, 1.165) is 35.7 Å². The Kier molecular flexibility index (Phi) is 4.99. The number of halogens is 1. The SMILES string of the molecule is C[C@H](NC(=O)C1CCCC(N)C1)c1ccc(Br)cc1. The molecule has 0 spiro atoms. The lowest BCUT2D eigenvalue weighted by atomic mass is 9.85. The van der Waals surface area contributed by atoms with Crippen molar-refractivity contribution in [3.63, 3.8) is 0 Å². The van der Waals surface area contributed by atoms with Gasteiger partial charge in [0.1, 0.15) is 0 Å². The van der Waals surface area contributed by atoms with E-state index in [2.05, 4.69) is 21.2 Å². The zero-order valence-electron chi connectivity index (χ0n) is 11.2. The van der Waals surface area contributed by atoms with Crippen molar-refractivity contribution in [3.05, 3.63) is 34.3 Å². The number of nitrogens with one attached hydrogen (secondary N) is 1. The molecule has 0 aliphatic heterocycles. The van der Waals surface area contributed by atoms with Gasteiger partial charge in [-0.05, 0) is 43.9 Å². The molecule has 0 aromatic heterocycles. The van der Waals surface area contributed by atoms with Gasteiger partial charge >= 0.3 is 0 Å². The lowest BCUT2D eigenvalue weighted by Gasteiger charge is -2.27. The van der Waals surface area contributed by atoms with E-state index in [-0.39, 0.29) is 23.9 Å². The molecule has 0 radical (unpaired) electrons. The van der Waals surface area contributed by atoms with E-state index in [1.807, 2.05) is 31.2 Å². The number of hydrogen-bond acceptors (Lipinski definition) is 2. The van der Waals surface area contributed by atoms with E-state index in [1.165, 1.54) is 0 Å². The summed E-state index contributed by atoms with van der Waals surface area (Å²) < 4.78 is 1.05. The number of rotatable bonds is 3. The minimum atomic E-state index is 0.0405. The molecule has 1 saturated carbocycles. The first kappa shape index (κ1) is 14.5. The molecule has 1 fully saturated rings. The third-order valence-corrected chi connectivity index (χ3v) is 4.34. The van der Waals surface area contributed by atoms with Gasteiger partial charge in [-0.25, -0.2) is 0 Å². The number of carbonyl (C=O) groups is 1. The molecule has 3 nitrogen and oxygen atoms in total. The topological polar surface area (TPSA) is 55.1 Å². The molecule has 1 aromatic rings. The van der Waals surface area contributed by atoms with Crippen molar-refractivity contribution >= 4 is 21.8 Å². The van der Waals surface area contributed by atoms with Crippen LogP contribution in [-0.2, 0) is 4.79 Å². The van der Waals surface area contributed by atoms with Crippen LogP contribution < -0.4 is 11.1 Å². The predicted octanol–water partition coefficient (Wildman–Crippen LogP) is 3.14. The molecular weight excluding hydrogens is 304 g/mol. The second-order valence-electron chi connectivity index (χ2n) is 5.41. The smallest absolute Gasteiger partial charge is 0.223 e. The minimum Gasteiger partial charge on any atom is -0.349 e. The number of carbonyl (C=O) groups excluding carboxylic acids is 1.